The van der Waals surface area contributed by atoms with Gasteiger partial charge < -0.3 is 14.2 Å². The van der Waals surface area contributed by atoms with Crippen molar-refractivity contribution in [2.75, 3.05) is 20.3 Å². The topological polar surface area (TPSA) is 90.9 Å². The maximum atomic E-state index is 12.6. The quantitative estimate of drug-likeness (QED) is 0.591. The lowest BCUT2D eigenvalue weighted by atomic mass is 10.1. The first-order valence-corrected chi connectivity index (χ1v) is 11.0. The summed E-state index contributed by atoms with van der Waals surface area (Å²) in [4.78, 5) is 11.5. The fourth-order valence-electron chi connectivity index (χ4n) is 2.79. The normalized spacial score (nSPS) is 12.3. The van der Waals surface area contributed by atoms with Crippen LogP contribution in [0.1, 0.15) is 48.3 Å². The molecule has 0 radical (unpaired) electrons. The van der Waals surface area contributed by atoms with E-state index >= 15 is 0 Å². The minimum absolute atomic E-state index is 0.200. The molecular formula is C21H27NO6S. The Balaban J connectivity index is 2.11. The van der Waals surface area contributed by atoms with Gasteiger partial charge in [0.1, 0.15) is 0 Å². The van der Waals surface area contributed by atoms with Crippen LogP contribution in [0.5, 0.6) is 11.5 Å². The summed E-state index contributed by atoms with van der Waals surface area (Å²) in [6.07, 6.45) is 0. The van der Waals surface area contributed by atoms with Gasteiger partial charge in [-0.3, -0.25) is 0 Å². The first-order chi connectivity index (χ1) is 13.8. The monoisotopic (exact) mass is 421 g/mol. The van der Waals surface area contributed by atoms with Gasteiger partial charge in [-0.1, -0.05) is 18.2 Å². The molecule has 0 saturated carbocycles. The summed E-state index contributed by atoms with van der Waals surface area (Å²) in [5.41, 5.74) is 1.70. The van der Waals surface area contributed by atoms with Crippen molar-refractivity contribution in [3.05, 3.63) is 59.2 Å². The molecule has 0 spiro atoms. The zero-order chi connectivity index (χ0) is 21.4. The zero-order valence-electron chi connectivity index (χ0n) is 17.1. The molecule has 0 aromatic heterocycles. The van der Waals surface area contributed by atoms with Crippen LogP contribution in [0.2, 0.25) is 0 Å². The van der Waals surface area contributed by atoms with Crippen LogP contribution >= 0.6 is 0 Å². The molecule has 0 aliphatic carbocycles. The lowest BCUT2D eigenvalue weighted by molar-refractivity contribution is 0.0600. The molecule has 0 aliphatic rings. The predicted octanol–water partition coefficient (Wildman–Crippen LogP) is 3.45. The predicted molar refractivity (Wildman–Crippen MR) is 111 cm³/mol. The molecule has 2 rings (SSSR count). The Hall–Kier alpha value is -2.58. The largest absolute Gasteiger partial charge is 0.490 e. The summed E-state index contributed by atoms with van der Waals surface area (Å²) in [6.45, 7) is 6.52. The lowest BCUT2D eigenvalue weighted by Gasteiger charge is -2.17. The van der Waals surface area contributed by atoms with Gasteiger partial charge in [0.25, 0.3) is 0 Å². The fraction of sp³-hybridized carbons (Fsp3) is 0.381. The second-order valence-electron chi connectivity index (χ2n) is 6.36. The highest BCUT2D eigenvalue weighted by molar-refractivity contribution is 7.88. The molecule has 0 aliphatic heterocycles. The minimum Gasteiger partial charge on any atom is -0.490 e. The molecule has 0 fully saturated rings. The summed E-state index contributed by atoms with van der Waals surface area (Å²) in [6, 6.07) is 11.2. The van der Waals surface area contributed by atoms with E-state index in [1.54, 1.807) is 43.3 Å². The van der Waals surface area contributed by atoms with Crippen molar-refractivity contribution in [3.63, 3.8) is 0 Å². The van der Waals surface area contributed by atoms with E-state index in [4.69, 9.17) is 9.47 Å². The van der Waals surface area contributed by atoms with E-state index in [0.29, 0.717) is 35.8 Å². The summed E-state index contributed by atoms with van der Waals surface area (Å²) >= 11 is 0. The van der Waals surface area contributed by atoms with E-state index in [2.05, 4.69) is 9.46 Å². The van der Waals surface area contributed by atoms with Gasteiger partial charge in [0, 0.05) is 6.04 Å². The summed E-state index contributed by atoms with van der Waals surface area (Å²) < 4.78 is 43.6. The average molecular weight is 422 g/mol. The number of nitrogens with one attached hydrogen (secondary N) is 1. The van der Waals surface area contributed by atoms with Crippen LogP contribution in [0.25, 0.3) is 0 Å². The van der Waals surface area contributed by atoms with Crippen LogP contribution in [0, 0.1) is 0 Å². The number of hydrogen-bond acceptors (Lipinski definition) is 6. The summed E-state index contributed by atoms with van der Waals surface area (Å²) in [5.74, 6) is 0.538. The van der Waals surface area contributed by atoms with Gasteiger partial charge >= 0.3 is 5.97 Å². The Bertz CT molecular complexity index is 925. The van der Waals surface area contributed by atoms with Crippen LogP contribution in [-0.4, -0.2) is 34.7 Å². The standard InChI is InChI=1S/C21H27NO6S/c1-5-27-19-12-11-18(13-20(19)28-6-2)15(3)22-29(24,25)14-16-7-9-17(10-8-16)21(23)26-4/h7-13,15,22H,5-6,14H2,1-4H3/t15-/m1/s1. The highest BCUT2D eigenvalue weighted by Gasteiger charge is 2.18. The Morgan fingerprint density at radius 2 is 1.62 bits per heavy atom. The number of rotatable bonds is 10. The number of esters is 1. The third kappa shape index (κ3) is 6.47. The fourth-order valence-corrected chi connectivity index (χ4v) is 4.18. The highest BCUT2D eigenvalue weighted by atomic mass is 32.2. The van der Waals surface area contributed by atoms with Gasteiger partial charge in [-0.05, 0) is 56.2 Å². The van der Waals surface area contributed by atoms with Crippen molar-refractivity contribution < 1.29 is 27.4 Å². The lowest BCUT2D eigenvalue weighted by Crippen LogP contribution is -2.28. The van der Waals surface area contributed by atoms with Gasteiger partial charge in [-0.2, -0.15) is 0 Å². The van der Waals surface area contributed by atoms with Gasteiger partial charge in [0.05, 0.1) is 31.6 Å². The smallest absolute Gasteiger partial charge is 0.337 e. The molecule has 2 aromatic carbocycles. The van der Waals surface area contributed by atoms with Crippen LogP contribution in [0.3, 0.4) is 0 Å². The van der Waals surface area contributed by atoms with Crippen LogP contribution in [0.4, 0.5) is 0 Å². The van der Waals surface area contributed by atoms with Gasteiger partial charge in [0.2, 0.25) is 10.0 Å². The van der Waals surface area contributed by atoms with Crippen molar-refractivity contribution in [2.24, 2.45) is 0 Å². The van der Waals surface area contributed by atoms with E-state index in [0.717, 1.165) is 5.56 Å². The molecule has 0 unspecified atom stereocenters. The van der Waals surface area contributed by atoms with Crippen LogP contribution in [-0.2, 0) is 20.5 Å². The van der Waals surface area contributed by atoms with Crippen molar-refractivity contribution >= 4 is 16.0 Å². The molecule has 0 heterocycles. The SMILES string of the molecule is CCOc1ccc([C@@H](C)NS(=O)(=O)Cc2ccc(C(=O)OC)cc2)cc1OCC. The maximum absolute atomic E-state index is 12.6. The number of methoxy groups -OCH3 is 1. The Labute approximate surface area is 172 Å². The molecular weight excluding hydrogens is 394 g/mol. The molecule has 1 N–H and O–H groups in total. The molecule has 0 saturated heterocycles. The zero-order valence-corrected chi connectivity index (χ0v) is 17.9. The Morgan fingerprint density at radius 1 is 1.00 bits per heavy atom. The van der Waals surface area contributed by atoms with Crippen molar-refractivity contribution in [1.29, 1.82) is 0 Å². The van der Waals surface area contributed by atoms with Crippen LogP contribution < -0.4 is 14.2 Å². The van der Waals surface area contributed by atoms with Crippen LogP contribution in [0.15, 0.2) is 42.5 Å². The first kappa shape index (κ1) is 22.7. The first-order valence-electron chi connectivity index (χ1n) is 9.36. The highest BCUT2D eigenvalue weighted by Crippen LogP contribution is 2.31. The summed E-state index contributed by atoms with van der Waals surface area (Å²) in [7, 11) is -2.31. The molecule has 7 nitrogen and oxygen atoms in total. The second-order valence-corrected chi connectivity index (χ2v) is 8.11. The van der Waals surface area contributed by atoms with E-state index < -0.39 is 22.0 Å². The number of benzene rings is 2. The molecule has 158 valence electrons. The van der Waals surface area contributed by atoms with Crippen molar-refractivity contribution in [2.45, 2.75) is 32.6 Å². The Morgan fingerprint density at radius 3 is 2.21 bits per heavy atom. The average Bonchev–Trinajstić information content (AvgIpc) is 2.69. The van der Waals surface area contributed by atoms with Gasteiger partial charge in [0.15, 0.2) is 11.5 Å². The minimum atomic E-state index is -3.60. The summed E-state index contributed by atoms with van der Waals surface area (Å²) in [5, 5.41) is 0. The van der Waals surface area contributed by atoms with Gasteiger partial charge in [-0.15, -0.1) is 0 Å². The van der Waals surface area contributed by atoms with E-state index in [-0.39, 0.29) is 5.75 Å². The second kappa shape index (κ2) is 10.3. The van der Waals surface area contributed by atoms with E-state index in [9.17, 15) is 13.2 Å². The number of sulfonamides is 1. The molecule has 1 atom stereocenters. The molecule has 0 bridgehead atoms. The third-order valence-electron chi connectivity index (χ3n) is 4.16. The molecule has 0 amide bonds. The maximum Gasteiger partial charge on any atom is 0.337 e. The Kier molecular flexibility index (Phi) is 8.04. The molecule has 2 aromatic rings. The number of carbonyl (C=O) groups is 1. The van der Waals surface area contributed by atoms with Crippen molar-refractivity contribution in [1.82, 2.24) is 4.72 Å². The van der Waals surface area contributed by atoms with Gasteiger partial charge in [-0.25, -0.2) is 17.9 Å². The molecule has 8 heteroatoms. The van der Waals surface area contributed by atoms with Crippen molar-refractivity contribution in [3.8, 4) is 11.5 Å². The number of hydrogen-bond donors (Lipinski definition) is 1. The van der Waals surface area contributed by atoms with E-state index in [1.165, 1.54) is 7.11 Å². The van der Waals surface area contributed by atoms with E-state index in [1.807, 2.05) is 19.9 Å². The third-order valence-corrected chi connectivity index (χ3v) is 5.58. The molecule has 29 heavy (non-hydrogen) atoms. The number of ether oxygens (including phenoxy) is 3. The number of carbonyl (C=O) groups excluding carboxylic acids is 1.